The van der Waals surface area contributed by atoms with Crippen LogP contribution in [-0.4, -0.2) is 36.3 Å². The van der Waals surface area contributed by atoms with Crippen LogP contribution >= 0.6 is 0 Å². The summed E-state index contributed by atoms with van der Waals surface area (Å²) in [4.78, 5) is 26.9. The number of nitrogens with one attached hydrogen (secondary N) is 2. The van der Waals surface area contributed by atoms with E-state index in [1.165, 1.54) is 12.0 Å². The number of carbonyl (C=O) groups excluding carboxylic acids is 2. The average Bonchev–Trinajstić information content (AvgIpc) is 2.75. The Balaban J connectivity index is 1.56. The van der Waals surface area contributed by atoms with Crippen molar-refractivity contribution in [2.45, 2.75) is 38.6 Å². The lowest BCUT2D eigenvalue weighted by Gasteiger charge is -2.26. The highest BCUT2D eigenvalue weighted by Crippen LogP contribution is 2.17. The first-order chi connectivity index (χ1) is 13.7. The van der Waals surface area contributed by atoms with E-state index >= 15 is 0 Å². The van der Waals surface area contributed by atoms with Crippen LogP contribution in [-0.2, 0) is 4.79 Å². The monoisotopic (exact) mass is 379 g/mol. The molecule has 1 heterocycles. The fraction of sp³-hybridized carbons (Fsp3) is 0.391. The molecule has 148 valence electrons. The first kappa shape index (κ1) is 20.1. The van der Waals surface area contributed by atoms with E-state index < -0.39 is 0 Å². The smallest absolute Gasteiger partial charge is 0.253 e. The molecule has 1 saturated heterocycles. The summed E-state index contributed by atoms with van der Waals surface area (Å²) in [5.41, 5.74) is 2.46. The van der Waals surface area contributed by atoms with Crippen molar-refractivity contribution in [3.05, 3.63) is 65.7 Å². The van der Waals surface area contributed by atoms with Crippen molar-refractivity contribution in [2.75, 3.05) is 25.0 Å². The van der Waals surface area contributed by atoms with E-state index in [0.29, 0.717) is 11.3 Å². The molecule has 28 heavy (non-hydrogen) atoms. The van der Waals surface area contributed by atoms with Gasteiger partial charge in [0.2, 0.25) is 5.91 Å². The summed E-state index contributed by atoms with van der Waals surface area (Å²) in [6.07, 6.45) is 4.22. The molecular formula is C23H29N3O2. The van der Waals surface area contributed by atoms with Crippen LogP contribution in [0.15, 0.2) is 54.6 Å². The fourth-order valence-electron chi connectivity index (χ4n) is 3.61. The number of benzene rings is 2. The third-order valence-electron chi connectivity index (χ3n) is 5.16. The zero-order valence-electron chi connectivity index (χ0n) is 16.5. The Bertz CT molecular complexity index is 785. The number of hydrogen-bond acceptors (Lipinski definition) is 3. The third kappa shape index (κ3) is 5.42. The van der Waals surface area contributed by atoms with E-state index in [1.807, 2.05) is 41.3 Å². The molecule has 5 nitrogen and oxygen atoms in total. The maximum atomic E-state index is 12.6. The Hall–Kier alpha value is -2.66. The summed E-state index contributed by atoms with van der Waals surface area (Å²) in [5, 5.41) is 6.21. The first-order valence-corrected chi connectivity index (χ1v) is 10.1. The van der Waals surface area contributed by atoms with Gasteiger partial charge in [0.15, 0.2) is 0 Å². The molecule has 0 bridgehead atoms. The lowest BCUT2D eigenvalue weighted by atomic mass is 10.0. The predicted molar refractivity (Wildman–Crippen MR) is 112 cm³/mol. The average molecular weight is 380 g/mol. The highest BCUT2D eigenvalue weighted by Gasteiger charge is 2.18. The molecule has 0 radical (unpaired) electrons. The van der Waals surface area contributed by atoms with Crippen LogP contribution in [0.4, 0.5) is 5.69 Å². The van der Waals surface area contributed by atoms with Gasteiger partial charge >= 0.3 is 0 Å². The minimum atomic E-state index is -0.114. The molecule has 0 aliphatic carbocycles. The molecule has 2 N–H and O–H groups in total. The van der Waals surface area contributed by atoms with Gasteiger partial charge in [0.1, 0.15) is 0 Å². The third-order valence-corrected chi connectivity index (χ3v) is 5.16. The zero-order chi connectivity index (χ0) is 19.8. The molecule has 1 aliphatic rings. The van der Waals surface area contributed by atoms with Crippen molar-refractivity contribution in [3.63, 3.8) is 0 Å². The SMILES string of the molecule is CCC(NCC(=O)Nc1cccc(C(=O)N2CCCCC2)c1)c1ccccc1. The predicted octanol–water partition coefficient (Wildman–Crippen LogP) is 3.99. The molecule has 0 aromatic heterocycles. The lowest BCUT2D eigenvalue weighted by molar-refractivity contribution is -0.115. The van der Waals surface area contributed by atoms with Gasteiger partial charge in [-0.3, -0.25) is 9.59 Å². The maximum Gasteiger partial charge on any atom is 0.253 e. The van der Waals surface area contributed by atoms with Crippen molar-refractivity contribution in [1.82, 2.24) is 10.2 Å². The maximum absolute atomic E-state index is 12.6. The summed E-state index contributed by atoms with van der Waals surface area (Å²) in [6.45, 7) is 3.95. The van der Waals surface area contributed by atoms with Crippen LogP contribution in [0.1, 0.15) is 54.6 Å². The molecule has 2 aromatic rings. The number of carbonyl (C=O) groups is 2. The zero-order valence-corrected chi connectivity index (χ0v) is 16.5. The molecule has 1 aliphatic heterocycles. The van der Waals surface area contributed by atoms with Crippen molar-refractivity contribution in [1.29, 1.82) is 0 Å². The summed E-state index contributed by atoms with van der Waals surface area (Å²) in [5.74, 6) is -0.0685. The van der Waals surface area contributed by atoms with Crippen LogP contribution in [0.3, 0.4) is 0 Å². The summed E-state index contributed by atoms with van der Waals surface area (Å²) >= 11 is 0. The van der Waals surface area contributed by atoms with Gasteiger partial charge in [-0.15, -0.1) is 0 Å². The number of nitrogens with zero attached hydrogens (tertiary/aromatic N) is 1. The van der Waals surface area contributed by atoms with Crippen molar-refractivity contribution >= 4 is 17.5 Å². The highest BCUT2D eigenvalue weighted by molar-refractivity contribution is 5.97. The molecule has 0 spiro atoms. The standard InChI is InChI=1S/C23H29N3O2/c1-2-21(18-10-5-3-6-11-18)24-17-22(27)25-20-13-9-12-19(16-20)23(28)26-14-7-4-8-15-26/h3,5-6,9-13,16,21,24H,2,4,7-8,14-15,17H2,1H3,(H,25,27). The molecule has 5 heteroatoms. The van der Waals surface area contributed by atoms with Gasteiger partial charge in [0.25, 0.3) is 5.91 Å². The van der Waals surface area contributed by atoms with Gasteiger partial charge in [-0.2, -0.15) is 0 Å². The Kier molecular flexibility index (Phi) is 7.20. The van der Waals surface area contributed by atoms with Crippen LogP contribution in [0.25, 0.3) is 0 Å². The topological polar surface area (TPSA) is 61.4 Å². The first-order valence-electron chi connectivity index (χ1n) is 10.1. The number of likely N-dealkylation sites (tertiary alicyclic amines) is 1. The summed E-state index contributed by atoms with van der Waals surface area (Å²) in [7, 11) is 0. The Morgan fingerprint density at radius 3 is 2.46 bits per heavy atom. The van der Waals surface area contributed by atoms with E-state index in [0.717, 1.165) is 32.4 Å². The van der Waals surface area contributed by atoms with Gasteiger partial charge in [-0.1, -0.05) is 43.3 Å². The summed E-state index contributed by atoms with van der Waals surface area (Å²) < 4.78 is 0. The number of piperidine rings is 1. The van der Waals surface area contributed by atoms with Crippen molar-refractivity contribution < 1.29 is 9.59 Å². The number of hydrogen-bond donors (Lipinski definition) is 2. The fourth-order valence-corrected chi connectivity index (χ4v) is 3.61. The molecule has 0 saturated carbocycles. The molecule has 3 rings (SSSR count). The van der Waals surface area contributed by atoms with Crippen molar-refractivity contribution in [2.24, 2.45) is 0 Å². The highest BCUT2D eigenvalue weighted by atomic mass is 16.2. The second-order valence-electron chi connectivity index (χ2n) is 7.23. The Morgan fingerprint density at radius 2 is 1.75 bits per heavy atom. The van der Waals surface area contributed by atoms with Gasteiger partial charge < -0.3 is 15.5 Å². The van der Waals surface area contributed by atoms with E-state index in [9.17, 15) is 9.59 Å². The van der Waals surface area contributed by atoms with Gasteiger partial charge in [-0.25, -0.2) is 0 Å². The van der Waals surface area contributed by atoms with Gasteiger partial charge in [-0.05, 0) is 49.4 Å². The van der Waals surface area contributed by atoms with Crippen LogP contribution in [0, 0.1) is 0 Å². The van der Waals surface area contributed by atoms with Crippen molar-refractivity contribution in [3.8, 4) is 0 Å². The lowest BCUT2D eigenvalue weighted by Crippen LogP contribution is -2.35. The Morgan fingerprint density at radius 1 is 1.00 bits per heavy atom. The van der Waals surface area contributed by atoms with E-state index in [4.69, 9.17) is 0 Å². The minimum Gasteiger partial charge on any atom is -0.339 e. The van der Waals surface area contributed by atoms with Crippen LogP contribution in [0.5, 0.6) is 0 Å². The van der Waals surface area contributed by atoms with Crippen LogP contribution in [0.2, 0.25) is 0 Å². The van der Waals surface area contributed by atoms with E-state index in [-0.39, 0.29) is 24.4 Å². The number of amides is 2. The molecule has 2 amide bonds. The largest absolute Gasteiger partial charge is 0.339 e. The van der Waals surface area contributed by atoms with E-state index in [1.54, 1.807) is 6.07 Å². The molecule has 1 unspecified atom stereocenters. The second-order valence-corrected chi connectivity index (χ2v) is 7.23. The second kappa shape index (κ2) is 10.0. The Labute approximate surface area is 167 Å². The molecular weight excluding hydrogens is 350 g/mol. The molecule has 1 fully saturated rings. The number of rotatable bonds is 7. The van der Waals surface area contributed by atoms with Crippen LogP contribution < -0.4 is 10.6 Å². The number of anilines is 1. The molecule has 2 aromatic carbocycles. The van der Waals surface area contributed by atoms with Gasteiger partial charge in [0, 0.05) is 30.4 Å². The molecule has 1 atom stereocenters. The van der Waals surface area contributed by atoms with E-state index in [2.05, 4.69) is 29.7 Å². The quantitative estimate of drug-likeness (QED) is 0.765. The normalized spacial score (nSPS) is 15.1. The summed E-state index contributed by atoms with van der Waals surface area (Å²) in [6, 6.07) is 17.5. The van der Waals surface area contributed by atoms with Gasteiger partial charge in [0.05, 0.1) is 6.54 Å². The minimum absolute atomic E-state index is 0.0454.